The zero-order valence-corrected chi connectivity index (χ0v) is 13.1. The number of aromatic nitrogens is 3. The second-order valence-electron chi connectivity index (χ2n) is 5.40. The van der Waals surface area contributed by atoms with Crippen molar-refractivity contribution in [3.05, 3.63) is 48.2 Å². The van der Waals surface area contributed by atoms with Crippen LogP contribution in [0.15, 0.2) is 36.8 Å². The molecule has 0 spiro atoms. The van der Waals surface area contributed by atoms with Gasteiger partial charge in [0.25, 0.3) is 5.91 Å². The molecule has 2 aromatic heterocycles. The molecule has 0 atom stereocenters. The fraction of sp³-hybridized carbons (Fsp3) is 0.312. The SMILES string of the molecule is O=CN1CCN(C(=O)c2cnc(NCc3ccccn3)cn2)CC1. The first-order chi connectivity index (χ1) is 11.8. The Labute approximate surface area is 139 Å². The van der Waals surface area contributed by atoms with E-state index in [1.54, 1.807) is 16.0 Å². The number of nitrogens with one attached hydrogen (secondary N) is 1. The summed E-state index contributed by atoms with van der Waals surface area (Å²) >= 11 is 0. The maximum absolute atomic E-state index is 12.4. The van der Waals surface area contributed by atoms with Crippen LogP contribution in [0.5, 0.6) is 0 Å². The van der Waals surface area contributed by atoms with Crippen molar-refractivity contribution in [2.45, 2.75) is 6.54 Å². The molecule has 0 aliphatic carbocycles. The summed E-state index contributed by atoms with van der Waals surface area (Å²) in [6.45, 7) is 2.66. The Morgan fingerprint density at radius 2 is 1.96 bits per heavy atom. The lowest BCUT2D eigenvalue weighted by molar-refractivity contribution is -0.119. The Bertz CT molecular complexity index is 683. The van der Waals surface area contributed by atoms with Crippen molar-refractivity contribution < 1.29 is 9.59 Å². The third kappa shape index (κ3) is 3.83. The number of amides is 2. The largest absolute Gasteiger partial charge is 0.363 e. The van der Waals surface area contributed by atoms with E-state index in [9.17, 15) is 9.59 Å². The summed E-state index contributed by atoms with van der Waals surface area (Å²) in [5.74, 6) is 0.423. The lowest BCUT2D eigenvalue weighted by atomic mass is 10.3. The molecule has 2 amide bonds. The van der Waals surface area contributed by atoms with Gasteiger partial charge in [-0.2, -0.15) is 0 Å². The van der Waals surface area contributed by atoms with E-state index in [-0.39, 0.29) is 5.91 Å². The minimum atomic E-state index is -0.163. The molecule has 3 rings (SSSR count). The highest BCUT2D eigenvalue weighted by Gasteiger charge is 2.22. The van der Waals surface area contributed by atoms with Crippen LogP contribution in [0.1, 0.15) is 16.2 Å². The van der Waals surface area contributed by atoms with Crippen molar-refractivity contribution in [3.63, 3.8) is 0 Å². The number of rotatable bonds is 5. The number of carbonyl (C=O) groups is 2. The summed E-state index contributed by atoms with van der Waals surface area (Å²) in [4.78, 5) is 39.0. The van der Waals surface area contributed by atoms with Gasteiger partial charge in [0.2, 0.25) is 6.41 Å². The molecule has 8 nitrogen and oxygen atoms in total. The number of hydrogen-bond acceptors (Lipinski definition) is 6. The number of pyridine rings is 1. The number of piperazine rings is 1. The zero-order chi connectivity index (χ0) is 16.8. The number of nitrogens with zero attached hydrogens (tertiary/aromatic N) is 5. The Hall–Kier alpha value is -3.03. The first-order valence-electron chi connectivity index (χ1n) is 7.71. The van der Waals surface area contributed by atoms with Gasteiger partial charge in [-0.15, -0.1) is 0 Å². The molecule has 3 heterocycles. The molecule has 1 saturated heterocycles. The van der Waals surface area contributed by atoms with Gasteiger partial charge in [0, 0.05) is 32.4 Å². The van der Waals surface area contributed by atoms with E-state index in [1.165, 1.54) is 12.4 Å². The standard InChI is InChI=1S/C16H18N6O2/c23-12-21-5-7-22(8-6-21)16(24)14-10-20-15(11-18-14)19-9-13-3-1-2-4-17-13/h1-4,10-12H,5-9H2,(H,19,20). The van der Waals surface area contributed by atoms with Crippen LogP contribution in [0.3, 0.4) is 0 Å². The van der Waals surface area contributed by atoms with Crippen molar-refractivity contribution in [1.29, 1.82) is 0 Å². The van der Waals surface area contributed by atoms with Crippen LogP contribution < -0.4 is 5.32 Å². The van der Waals surface area contributed by atoms with E-state index >= 15 is 0 Å². The van der Waals surface area contributed by atoms with Crippen LogP contribution in [-0.2, 0) is 11.3 Å². The minimum Gasteiger partial charge on any atom is -0.363 e. The van der Waals surface area contributed by atoms with Gasteiger partial charge in [-0.1, -0.05) is 6.07 Å². The quantitative estimate of drug-likeness (QED) is 0.800. The summed E-state index contributed by atoms with van der Waals surface area (Å²) in [5.41, 5.74) is 1.20. The first-order valence-corrected chi connectivity index (χ1v) is 7.71. The lowest BCUT2D eigenvalue weighted by Crippen LogP contribution is -2.48. The van der Waals surface area contributed by atoms with Gasteiger partial charge in [-0.25, -0.2) is 9.97 Å². The first kappa shape index (κ1) is 15.9. The summed E-state index contributed by atoms with van der Waals surface area (Å²) < 4.78 is 0. The maximum Gasteiger partial charge on any atom is 0.274 e. The monoisotopic (exact) mass is 326 g/mol. The summed E-state index contributed by atoms with van der Waals surface area (Å²) in [6.07, 6.45) is 5.55. The van der Waals surface area contributed by atoms with Gasteiger partial charge >= 0.3 is 0 Å². The summed E-state index contributed by atoms with van der Waals surface area (Å²) in [5, 5.41) is 3.11. The second-order valence-corrected chi connectivity index (χ2v) is 5.40. The fourth-order valence-corrected chi connectivity index (χ4v) is 2.41. The zero-order valence-electron chi connectivity index (χ0n) is 13.1. The molecule has 1 aliphatic rings. The van der Waals surface area contributed by atoms with E-state index < -0.39 is 0 Å². The third-order valence-corrected chi connectivity index (χ3v) is 3.80. The average molecular weight is 326 g/mol. The number of hydrogen-bond donors (Lipinski definition) is 1. The summed E-state index contributed by atoms with van der Waals surface area (Å²) in [7, 11) is 0. The van der Waals surface area contributed by atoms with E-state index in [0.29, 0.717) is 44.2 Å². The molecule has 1 aliphatic heterocycles. The molecule has 124 valence electrons. The van der Waals surface area contributed by atoms with Gasteiger partial charge in [0.1, 0.15) is 11.5 Å². The highest BCUT2D eigenvalue weighted by atomic mass is 16.2. The van der Waals surface area contributed by atoms with Crippen LogP contribution in [0, 0.1) is 0 Å². The average Bonchev–Trinajstić information content (AvgIpc) is 2.67. The van der Waals surface area contributed by atoms with Gasteiger partial charge in [-0.3, -0.25) is 14.6 Å². The number of anilines is 1. The number of carbonyl (C=O) groups excluding carboxylic acids is 2. The third-order valence-electron chi connectivity index (χ3n) is 3.80. The summed E-state index contributed by atoms with van der Waals surface area (Å²) in [6, 6.07) is 5.69. The molecular formula is C16H18N6O2. The van der Waals surface area contributed by atoms with Crippen LogP contribution in [-0.4, -0.2) is 63.2 Å². The normalized spacial score (nSPS) is 14.3. The minimum absolute atomic E-state index is 0.163. The highest BCUT2D eigenvalue weighted by molar-refractivity contribution is 5.92. The Balaban J connectivity index is 1.56. The molecule has 0 aromatic carbocycles. The molecule has 0 bridgehead atoms. The van der Waals surface area contributed by atoms with E-state index in [2.05, 4.69) is 20.3 Å². The topological polar surface area (TPSA) is 91.3 Å². The molecule has 0 unspecified atom stereocenters. The van der Waals surface area contributed by atoms with Crippen LogP contribution in [0.2, 0.25) is 0 Å². The van der Waals surface area contributed by atoms with Gasteiger partial charge in [0.05, 0.1) is 24.6 Å². The van der Waals surface area contributed by atoms with Gasteiger partial charge < -0.3 is 15.1 Å². The second kappa shape index (κ2) is 7.49. The highest BCUT2D eigenvalue weighted by Crippen LogP contribution is 2.08. The van der Waals surface area contributed by atoms with Crippen LogP contribution in [0.4, 0.5) is 5.82 Å². The molecule has 1 fully saturated rings. The molecule has 0 saturated carbocycles. The predicted molar refractivity (Wildman–Crippen MR) is 87.1 cm³/mol. The molecule has 8 heteroatoms. The van der Waals surface area contributed by atoms with Crippen molar-refractivity contribution >= 4 is 18.1 Å². The van der Waals surface area contributed by atoms with E-state index in [0.717, 1.165) is 12.1 Å². The molecule has 24 heavy (non-hydrogen) atoms. The molecular weight excluding hydrogens is 308 g/mol. The van der Waals surface area contributed by atoms with Crippen molar-refractivity contribution in [2.24, 2.45) is 0 Å². The van der Waals surface area contributed by atoms with E-state index in [4.69, 9.17) is 0 Å². The molecule has 0 radical (unpaired) electrons. The molecule has 1 N–H and O–H groups in total. The van der Waals surface area contributed by atoms with Crippen molar-refractivity contribution in [3.8, 4) is 0 Å². The van der Waals surface area contributed by atoms with Crippen molar-refractivity contribution in [2.75, 3.05) is 31.5 Å². The Morgan fingerprint density at radius 1 is 1.12 bits per heavy atom. The maximum atomic E-state index is 12.4. The Kier molecular flexibility index (Phi) is 4.95. The molecule has 2 aromatic rings. The van der Waals surface area contributed by atoms with Crippen LogP contribution in [0.25, 0.3) is 0 Å². The predicted octanol–water partition coefficient (Wildman–Crippen LogP) is 0.398. The smallest absolute Gasteiger partial charge is 0.274 e. The lowest BCUT2D eigenvalue weighted by Gasteiger charge is -2.32. The van der Waals surface area contributed by atoms with Crippen molar-refractivity contribution in [1.82, 2.24) is 24.8 Å². The Morgan fingerprint density at radius 3 is 2.58 bits per heavy atom. The van der Waals surface area contributed by atoms with Gasteiger partial charge in [-0.05, 0) is 12.1 Å². The van der Waals surface area contributed by atoms with E-state index in [1.807, 2.05) is 18.2 Å². The fourth-order valence-electron chi connectivity index (χ4n) is 2.41. The van der Waals surface area contributed by atoms with Gasteiger partial charge in [0.15, 0.2) is 0 Å². The van der Waals surface area contributed by atoms with Crippen LogP contribution >= 0.6 is 0 Å².